The fourth-order valence-electron chi connectivity index (χ4n) is 2.12. The zero-order chi connectivity index (χ0) is 14.0. The molecule has 0 spiro atoms. The number of aromatic nitrogens is 2. The van der Waals surface area contributed by atoms with Gasteiger partial charge in [0.15, 0.2) is 5.69 Å². The normalized spacial score (nSPS) is 19.8. The Morgan fingerprint density at radius 1 is 1.42 bits per heavy atom. The van der Waals surface area contributed by atoms with Crippen molar-refractivity contribution >= 4 is 11.8 Å². The largest absolute Gasteiger partial charge is 0.433 e. The van der Waals surface area contributed by atoms with Crippen molar-refractivity contribution in [2.24, 2.45) is 5.92 Å². The van der Waals surface area contributed by atoms with Crippen LogP contribution in [0.15, 0.2) is 6.07 Å². The summed E-state index contributed by atoms with van der Waals surface area (Å²) in [7, 11) is 0. The van der Waals surface area contributed by atoms with E-state index in [0.29, 0.717) is 18.3 Å². The van der Waals surface area contributed by atoms with Crippen LogP contribution in [-0.2, 0) is 6.18 Å². The Hall–Kier alpha value is -1.53. The van der Waals surface area contributed by atoms with Crippen molar-refractivity contribution in [3.63, 3.8) is 0 Å². The highest BCUT2D eigenvalue weighted by molar-refractivity contribution is 5.46. The predicted molar refractivity (Wildman–Crippen MR) is 67.2 cm³/mol. The average Bonchev–Trinajstić information content (AvgIpc) is 2.75. The Morgan fingerprint density at radius 2 is 2.16 bits per heavy atom. The molecule has 1 atom stereocenters. The summed E-state index contributed by atoms with van der Waals surface area (Å²) >= 11 is 0. The molecule has 0 aliphatic carbocycles. The van der Waals surface area contributed by atoms with Crippen molar-refractivity contribution in [1.29, 1.82) is 0 Å². The first-order valence-electron chi connectivity index (χ1n) is 6.35. The number of rotatable bonds is 3. The smallest absolute Gasteiger partial charge is 0.356 e. The zero-order valence-corrected chi connectivity index (χ0v) is 11.0. The van der Waals surface area contributed by atoms with E-state index in [1.165, 1.54) is 0 Å². The van der Waals surface area contributed by atoms with Crippen molar-refractivity contribution in [2.45, 2.75) is 26.4 Å². The Labute approximate surface area is 110 Å². The van der Waals surface area contributed by atoms with Crippen LogP contribution in [-0.4, -0.2) is 29.6 Å². The van der Waals surface area contributed by atoms with Gasteiger partial charge < -0.3 is 10.2 Å². The minimum Gasteiger partial charge on any atom is -0.356 e. The number of nitrogens with zero attached hydrogens (tertiary/aromatic N) is 3. The van der Waals surface area contributed by atoms with Crippen molar-refractivity contribution in [3.05, 3.63) is 11.8 Å². The summed E-state index contributed by atoms with van der Waals surface area (Å²) in [5.74, 6) is 0.862. The van der Waals surface area contributed by atoms with Crippen LogP contribution in [0.3, 0.4) is 0 Å². The molecule has 2 rings (SSSR count). The van der Waals surface area contributed by atoms with Crippen molar-refractivity contribution < 1.29 is 13.2 Å². The first-order valence-corrected chi connectivity index (χ1v) is 6.35. The van der Waals surface area contributed by atoms with Crippen LogP contribution >= 0.6 is 0 Å². The molecule has 0 bridgehead atoms. The van der Waals surface area contributed by atoms with Gasteiger partial charge in [-0.25, -0.2) is 4.98 Å². The van der Waals surface area contributed by atoms with Gasteiger partial charge in [0.2, 0.25) is 5.95 Å². The average molecular weight is 274 g/mol. The number of hydrogen-bond acceptors (Lipinski definition) is 4. The summed E-state index contributed by atoms with van der Waals surface area (Å²) in [6, 6.07) is 1.03. The third-order valence-electron chi connectivity index (χ3n) is 3.09. The number of anilines is 2. The molecule has 1 aliphatic rings. The minimum absolute atomic E-state index is 0.0341. The molecule has 0 amide bonds. The van der Waals surface area contributed by atoms with Gasteiger partial charge in [-0.3, -0.25) is 0 Å². The third-order valence-corrected chi connectivity index (χ3v) is 3.09. The molecule has 0 aromatic carbocycles. The predicted octanol–water partition coefficient (Wildman–Crippen LogP) is 2.77. The molecule has 19 heavy (non-hydrogen) atoms. The van der Waals surface area contributed by atoms with Crippen LogP contribution in [0.25, 0.3) is 0 Å². The minimum atomic E-state index is -4.45. The molecule has 4 nitrogen and oxygen atoms in total. The van der Waals surface area contributed by atoms with Gasteiger partial charge in [0.05, 0.1) is 0 Å². The fourth-order valence-corrected chi connectivity index (χ4v) is 2.12. The summed E-state index contributed by atoms with van der Waals surface area (Å²) < 4.78 is 38.4. The van der Waals surface area contributed by atoms with Gasteiger partial charge in [-0.1, -0.05) is 6.92 Å². The molecule has 1 fully saturated rings. The summed E-state index contributed by atoms with van der Waals surface area (Å²) in [6.45, 7) is 5.83. The van der Waals surface area contributed by atoms with E-state index in [9.17, 15) is 13.2 Å². The standard InChI is InChI=1S/C12H17F3N4/c1-3-16-11-17-9(12(13,14)15)6-10(18-11)19-5-4-8(2)7-19/h6,8H,3-5,7H2,1-2H3,(H,16,17,18). The second-order valence-corrected chi connectivity index (χ2v) is 4.80. The van der Waals surface area contributed by atoms with E-state index in [4.69, 9.17) is 0 Å². The first-order chi connectivity index (χ1) is 8.90. The van der Waals surface area contributed by atoms with E-state index < -0.39 is 11.9 Å². The fraction of sp³-hybridized carbons (Fsp3) is 0.667. The lowest BCUT2D eigenvalue weighted by molar-refractivity contribution is -0.141. The summed E-state index contributed by atoms with van der Waals surface area (Å²) in [5, 5.41) is 2.75. The molecule has 1 saturated heterocycles. The van der Waals surface area contributed by atoms with Crippen molar-refractivity contribution in [2.75, 3.05) is 29.9 Å². The Balaban J connectivity index is 2.34. The highest BCUT2D eigenvalue weighted by Gasteiger charge is 2.34. The van der Waals surface area contributed by atoms with Crippen LogP contribution in [0.5, 0.6) is 0 Å². The number of halogens is 3. The molecule has 2 heterocycles. The van der Waals surface area contributed by atoms with Gasteiger partial charge in [-0.05, 0) is 19.3 Å². The summed E-state index contributed by atoms with van der Waals surface area (Å²) in [6.07, 6.45) is -3.48. The van der Waals surface area contributed by atoms with Gasteiger partial charge in [0.1, 0.15) is 5.82 Å². The summed E-state index contributed by atoms with van der Waals surface area (Å²) in [5.41, 5.74) is -0.895. The maximum absolute atomic E-state index is 12.8. The molecule has 0 radical (unpaired) electrons. The van der Waals surface area contributed by atoms with Crippen LogP contribution in [0.4, 0.5) is 24.9 Å². The van der Waals surface area contributed by atoms with Gasteiger partial charge in [0.25, 0.3) is 0 Å². The lowest BCUT2D eigenvalue weighted by atomic mass is 10.2. The number of alkyl halides is 3. The van der Waals surface area contributed by atoms with Gasteiger partial charge in [-0.2, -0.15) is 18.2 Å². The van der Waals surface area contributed by atoms with E-state index in [1.807, 2.05) is 4.90 Å². The Morgan fingerprint density at radius 3 is 2.68 bits per heavy atom. The molecular formula is C12H17F3N4. The Kier molecular flexibility index (Phi) is 3.82. The van der Waals surface area contributed by atoms with E-state index in [2.05, 4.69) is 22.2 Å². The maximum atomic E-state index is 12.8. The molecule has 1 aromatic rings. The summed E-state index contributed by atoms with van der Waals surface area (Å²) in [4.78, 5) is 9.55. The van der Waals surface area contributed by atoms with E-state index >= 15 is 0 Å². The van der Waals surface area contributed by atoms with E-state index in [-0.39, 0.29) is 5.95 Å². The van der Waals surface area contributed by atoms with E-state index in [1.54, 1.807) is 6.92 Å². The highest BCUT2D eigenvalue weighted by Crippen LogP contribution is 2.31. The molecule has 1 unspecified atom stereocenters. The topological polar surface area (TPSA) is 41.1 Å². The van der Waals surface area contributed by atoms with E-state index in [0.717, 1.165) is 25.6 Å². The second-order valence-electron chi connectivity index (χ2n) is 4.80. The van der Waals surface area contributed by atoms with Gasteiger partial charge >= 0.3 is 6.18 Å². The lowest BCUT2D eigenvalue weighted by Crippen LogP contribution is -2.22. The van der Waals surface area contributed by atoms with Crippen LogP contribution in [0.1, 0.15) is 26.0 Å². The molecule has 1 aliphatic heterocycles. The van der Waals surface area contributed by atoms with Crippen molar-refractivity contribution in [1.82, 2.24) is 9.97 Å². The molecular weight excluding hydrogens is 257 g/mol. The van der Waals surface area contributed by atoms with Gasteiger partial charge in [-0.15, -0.1) is 0 Å². The second kappa shape index (κ2) is 5.22. The van der Waals surface area contributed by atoms with Crippen molar-refractivity contribution in [3.8, 4) is 0 Å². The number of nitrogens with one attached hydrogen (secondary N) is 1. The van der Waals surface area contributed by atoms with Crippen LogP contribution in [0.2, 0.25) is 0 Å². The maximum Gasteiger partial charge on any atom is 0.433 e. The zero-order valence-electron chi connectivity index (χ0n) is 11.0. The number of hydrogen-bond donors (Lipinski definition) is 1. The molecule has 1 aromatic heterocycles. The molecule has 1 N–H and O–H groups in total. The quantitative estimate of drug-likeness (QED) is 0.920. The van der Waals surface area contributed by atoms with Crippen LogP contribution < -0.4 is 10.2 Å². The SMILES string of the molecule is CCNc1nc(N2CCC(C)C2)cc(C(F)(F)F)n1. The molecule has 106 valence electrons. The molecule has 7 heteroatoms. The third kappa shape index (κ3) is 3.27. The first kappa shape index (κ1) is 13.9. The highest BCUT2D eigenvalue weighted by atomic mass is 19.4. The Bertz CT molecular complexity index is 447. The van der Waals surface area contributed by atoms with Gasteiger partial charge in [0, 0.05) is 25.7 Å². The lowest BCUT2D eigenvalue weighted by Gasteiger charge is -2.19. The monoisotopic (exact) mass is 274 g/mol. The van der Waals surface area contributed by atoms with Crippen LogP contribution in [0, 0.1) is 5.92 Å². The molecule has 0 saturated carbocycles.